The molecule has 0 aliphatic heterocycles. The van der Waals surface area contributed by atoms with E-state index in [0.717, 1.165) is 0 Å². The van der Waals surface area contributed by atoms with Crippen molar-refractivity contribution in [1.29, 1.82) is 0 Å². The molecule has 0 spiro atoms. The lowest BCUT2D eigenvalue weighted by molar-refractivity contribution is -0.144. The molecular weight excluding hydrogens is 588 g/mol. The zero-order chi connectivity index (χ0) is 36.4. The molecule has 0 saturated carbocycles. The highest BCUT2D eigenvalue weighted by atomic mass is 16.6. The van der Waals surface area contributed by atoms with Gasteiger partial charge in [-0.2, -0.15) is 0 Å². The summed E-state index contributed by atoms with van der Waals surface area (Å²) in [6.07, 6.45) is 0.105. The van der Waals surface area contributed by atoms with Gasteiger partial charge in [0.2, 0.25) is 0 Å². The first-order chi connectivity index (χ1) is 20.4. The minimum Gasteiger partial charge on any atom is -0.466 e. The van der Waals surface area contributed by atoms with E-state index in [1.807, 2.05) is 0 Å². The highest BCUT2D eigenvalue weighted by Crippen LogP contribution is 1.82. The third-order valence-corrected chi connectivity index (χ3v) is 2.71. The minimum atomic E-state index is -0.338. The van der Waals surface area contributed by atoms with Gasteiger partial charge >= 0.3 is 41.8 Å². The van der Waals surface area contributed by atoms with E-state index in [-0.39, 0.29) is 54.8 Å². The van der Waals surface area contributed by atoms with Gasteiger partial charge in [0.1, 0.15) is 0 Å². The van der Waals surface area contributed by atoms with Crippen molar-refractivity contribution in [3.63, 3.8) is 0 Å². The van der Waals surface area contributed by atoms with E-state index in [2.05, 4.69) is 33.2 Å². The highest BCUT2D eigenvalue weighted by Gasteiger charge is 1.96. The molecule has 0 aliphatic rings. The van der Waals surface area contributed by atoms with Gasteiger partial charge in [-0.05, 0) is 48.5 Å². The van der Waals surface area contributed by atoms with Crippen LogP contribution in [0.4, 0.5) is 0 Å². The lowest BCUT2D eigenvalue weighted by atomic mass is 10.5. The van der Waals surface area contributed by atoms with Crippen molar-refractivity contribution in [2.24, 2.45) is 0 Å². The predicted molar refractivity (Wildman–Crippen MR) is 162 cm³/mol. The molecule has 0 aromatic heterocycles. The Hall–Kier alpha value is -3.75. The van der Waals surface area contributed by atoms with Crippen LogP contribution in [0.1, 0.15) is 96.4 Å². The molecule has 0 rings (SSSR count). The molecule has 15 heteroatoms. The second-order valence-corrected chi connectivity index (χ2v) is 6.83. The number of aliphatic hydroxyl groups excluding tert-OH is 1. The maximum Gasteiger partial charge on any atom is 0.308 e. The average Bonchev–Trinajstić information content (AvgIpc) is 2.86. The van der Waals surface area contributed by atoms with Gasteiger partial charge in [-0.3, -0.25) is 33.6 Å². The van der Waals surface area contributed by atoms with Crippen LogP contribution in [0, 0.1) is 0 Å². The fourth-order valence-electron chi connectivity index (χ4n) is 1.54. The molecule has 0 atom stereocenters. The summed E-state index contributed by atoms with van der Waals surface area (Å²) >= 11 is 0. The van der Waals surface area contributed by atoms with E-state index >= 15 is 0 Å². The van der Waals surface area contributed by atoms with E-state index in [0.29, 0.717) is 46.2 Å². The van der Waals surface area contributed by atoms with Gasteiger partial charge in [0.05, 0.1) is 59.3 Å². The number of rotatable bonds is 9. The molecule has 0 amide bonds. The van der Waals surface area contributed by atoms with Crippen molar-refractivity contribution in [3.8, 4) is 0 Å². The van der Waals surface area contributed by atoms with Gasteiger partial charge in [-0.25, -0.2) is 0 Å². The lowest BCUT2D eigenvalue weighted by Gasteiger charge is -1.96. The monoisotopic (exact) mass is 646 g/mol. The summed E-state index contributed by atoms with van der Waals surface area (Å²) in [6.45, 7) is 23.9. The summed E-state index contributed by atoms with van der Waals surface area (Å²) in [6, 6.07) is 0. The van der Waals surface area contributed by atoms with Crippen LogP contribution >= 0.6 is 0 Å². The number of carbonyl (C=O) groups excluding carboxylic acids is 7. The molecule has 264 valence electrons. The van der Waals surface area contributed by atoms with Crippen LogP contribution in [-0.2, 0) is 66.7 Å². The first-order valence-electron chi connectivity index (χ1n) is 14.0. The van der Waals surface area contributed by atoms with Gasteiger partial charge in [-0.15, -0.1) is 0 Å². The molecular formula is C29H58O15. The Morgan fingerprint density at radius 3 is 0.591 bits per heavy atom. The normalized spacial score (nSPS) is 7.86. The van der Waals surface area contributed by atoms with Crippen LogP contribution in [0.3, 0.4) is 0 Å². The second-order valence-electron chi connectivity index (χ2n) is 6.83. The highest BCUT2D eigenvalue weighted by molar-refractivity contribution is 5.69. The molecule has 0 bridgehead atoms. The maximum atomic E-state index is 10.3. The van der Waals surface area contributed by atoms with Crippen LogP contribution in [0.2, 0.25) is 0 Å². The van der Waals surface area contributed by atoms with Crippen molar-refractivity contribution < 1.29 is 71.8 Å². The number of carbonyl (C=O) groups is 7. The minimum absolute atomic E-state index is 0.105. The molecule has 0 radical (unpaired) electrons. The Labute approximate surface area is 263 Å². The standard InChI is InChI=1S/C5H10O3.6C4H8O2/c1-2-8-5(7)3-4-6;6*1-3-6-4(2)5/h6H,2-4H2,1H3;6*3H2,1-2H3. The SMILES string of the molecule is CCOC(=O)CCO.CCOC(C)=O.CCOC(C)=O.CCOC(C)=O.CCOC(C)=O.CCOC(C)=O.CCOC(C)=O. The first kappa shape index (κ1) is 56.1. The number of esters is 7. The van der Waals surface area contributed by atoms with Crippen LogP contribution in [0.15, 0.2) is 0 Å². The molecule has 15 nitrogen and oxygen atoms in total. The summed E-state index contributed by atoms with van der Waals surface area (Å²) in [4.78, 5) is 69.2. The van der Waals surface area contributed by atoms with Crippen molar-refractivity contribution in [2.75, 3.05) is 52.9 Å². The fourth-order valence-corrected chi connectivity index (χ4v) is 1.54. The lowest BCUT2D eigenvalue weighted by Crippen LogP contribution is -2.05. The number of hydrogen-bond acceptors (Lipinski definition) is 15. The predicted octanol–water partition coefficient (Wildman–Crippen LogP) is 3.35. The summed E-state index contributed by atoms with van der Waals surface area (Å²) in [5.41, 5.74) is 0. The molecule has 0 heterocycles. The maximum absolute atomic E-state index is 10.3. The van der Waals surface area contributed by atoms with Gasteiger partial charge in [-0.1, -0.05) is 0 Å². The van der Waals surface area contributed by atoms with Crippen molar-refractivity contribution in [2.45, 2.75) is 96.4 Å². The van der Waals surface area contributed by atoms with E-state index in [4.69, 9.17) is 5.11 Å². The van der Waals surface area contributed by atoms with Gasteiger partial charge in [0.25, 0.3) is 0 Å². The molecule has 1 N–H and O–H groups in total. The summed E-state index contributed by atoms with van der Waals surface area (Å²) < 4.78 is 30.9. The molecule has 0 aromatic carbocycles. The zero-order valence-electron chi connectivity index (χ0n) is 29.0. The largest absolute Gasteiger partial charge is 0.466 e. The van der Waals surface area contributed by atoms with Crippen LogP contribution in [0.5, 0.6) is 0 Å². The number of aliphatic hydroxyl groups is 1. The Balaban J connectivity index is -0.0000000728. The quantitative estimate of drug-likeness (QED) is 0.282. The topological polar surface area (TPSA) is 204 Å². The Bertz CT molecular complexity index is 560. The number of hydrogen-bond donors (Lipinski definition) is 1. The van der Waals surface area contributed by atoms with Gasteiger partial charge in [0.15, 0.2) is 0 Å². The molecule has 0 fully saturated rings. The van der Waals surface area contributed by atoms with Crippen LogP contribution in [0.25, 0.3) is 0 Å². The summed E-state index contributed by atoms with van der Waals surface area (Å²) in [5.74, 6) is -1.60. The molecule has 44 heavy (non-hydrogen) atoms. The third kappa shape index (κ3) is 129. The van der Waals surface area contributed by atoms with Crippen molar-refractivity contribution in [3.05, 3.63) is 0 Å². The van der Waals surface area contributed by atoms with Crippen molar-refractivity contribution in [1.82, 2.24) is 0 Å². The molecule has 0 aliphatic carbocycles. The average molecular weight is 647 g/mol. The second kappa shape index (κ2) is 51.9. The molecule has 0 saturated heterocycles. The Kier molecular flexibility index (Phi) is 66.2. The van der Waals surface area contributed by atoms with E-state index < -0.39 is 0 Å². The third-order valence-electron chi connectivity index (χ3n) is 2.71. The fraction of sp³-hybridized carbons (Fsp3) is 0.759. The molecule has 0 unspecified atom stereocenters. The zero-order valence-corrected chi connectivity index (χ0v) is 29.0. The van der Waals surface area contributed by atoms with E-state index in [9.17, 15) is 33.6 Å². The Morgan fingerprint density at radius 1 is 0.364 bits per heavy atom. The number of ether oxygens (including phenoxy) is 7. The van der Waals surface area contributed by atoms with Gasteiger partial charge < -0.3 is 38.3 Å². The first-order valence-corrected chi connectivity index (χ1v) is 14.0. The summed E-state index contributed by atoms with van der Waals surface area (Å²) in [5, 5.41) is 8.16. The summed E-state index contributed by atoms with van der Waals surface area (Å²) in [7, 11) is 0. The van der Waals surface area contributed by atoms with E-state index in [1.165, 1.54) is 41.5 Å². The van der Waals surface area contributed by atoms with E-state index in [1.54, 1.807) is 48.5 Å². The van der Waals surface area contributed by atoms with Crippen molar-refractivity contribution >= 4 is 41.8 Å². The van der Waals surface area contributed by atoms with Crippen LogP contribution in [-0.4, -0.2) is 99.7 Å². The molecule has 0 aromatic rings. The van der Waals surface area contributed by atoms with Crippen LogP contribution < -0.4 is 0 Å². The van der Waals surface area contributed by atoms with Gasteiger partial charge in [0, 0.05) is 41.5 Å². The Morgan fingerprint density at radius 2 is 0.523 bits per heavy atom. The smallest absolute Gasteiger partial charge is 0.308 e.